The largest absolute Gasteiger partial charge is 0.388 e. The summed E-state index contributed by atoms with van der Waals surface area (Å²) in [5.41, 5.74) is 1.61. The first-order chi connectivity index (χ1) is 15.5. The van der Waals surface area contributed by atoms with Crippen LogP contribution < -0.4 is 0 Å². The minimum atomic E-state index is -1.69. The molecule has 186 valence electrons. The summed E-state index contributed by atoms with van der Waals surface area (Å²) >= 11 is 0. The molecular weight excluding hydrogens is 416 g/mol. The molecular formula is C27H50O4Si. The van der Waals surface area contributed by atoms with E-state index in [9.17, 15) is 0 Å². The van der Waals surface area contributed by atoms with E-state index in [0.717, 1.165) is 30.9 Å². The maximum atomic E-state index is 7.15. The Bertz CT molecular complexity index is 574. The molecule has 32 heavy (non-hydrogen) atoms. The Labute approximate surface area is 198 Å². The van der Waals surface area contributed by atoms with Gasteiger partial charge in [0, 0.05) is 32.5 Å². The molecule has 2 heterocycles. The Balaban J connectivity index is 1.47. The third-order valence-electron chi connectivity index (χ3n) is 9.57. The molecule has 6 atom stereocenters. The van der Waals surface area contributed by atoms with E-state index in [1.165, 1.54) is 83.1 Å². The molecule has 0 spiro atoms. The van der Waals surface area contributed by atoms with Gasteiger partial charge in [0.2, 0.25) is 0 Å². The monoisotopic (exact) mass is 466 g/mol. The van der Waals surface area contributed by atoms with Crippen molar-refractivity contribution < 1.29 is 18.9 Å². The molecule has 0 N–H and O–H groups in total. The average molecular weight is 467 g/mol. The zero-order chi connectivity index (χ0) is 22.6. The van der Waals surface area contributed by atoms with Crippen molar-refractivity contribution >= 4 is 8.07 Å². The van der Waals surface area contributed by atoms with Crippen molar-refractivity contribution in [2.45, 2.75) is 120 Å². The van der Waals surface area contributed by atoms with E-state index in [-0.39, 0.29) is 5.41 Å². The quantitative estimate of drug-likeness (QED) is 0.354. The highest BCUT2D eigenvalue weighted by atomic mass is 28.3. The summed E-state index contributed by atoms with van der Waals surface area (Å²) in [4.78, 5) is 0. The van der Waals surface area contributed by atoms with Gasteiger partial charge in [-0.3, -0.25) is 0 Å². The fourth-order valence-corrected chi connectivity index (χ4v) is 14.8. The second-order valence-electron chi connectivity index (χ2n) is 12.1. The van der Waals surface area contributed by atoms with Gasteiger partial charge in [-0.15, -0.1) is 0 Å². The molecule has 0 aromatic rings. The van der Waals surface area contributed by atoms with Crippen LogP contribution in [0, 0.1) is 17.3 Å². The lowest BCUT2D eigenvalue weighted by atomic mass is 9.78. The Morgan fingerprint density at radius 1 is 0.938 bits per heavy atom. The minimum Gasteiger partial charge on any atom is -0.388 e. The van der Waals surface area contributed by atoms with Crippen molar-refractivity contribution in [1.82, 2.24) is 0 Å². The molecule has 2 aliphatic carbocycles. The van der Waals surface area contributed by atoms with Crippen molar-refractivity contribution in [2.24, 2.45) is 17.3 Å². The molecule has 5 heteroatoms. The van der Waals surface area contributed by atoms with E-state index < -0.39 is 8.07 Å². The van der Waals surface area contributed by atoms with Crippen LogP contribution in [0.2, 0.25) is 11.6 Å². The smallest absolute Gasteiger partial charge is 0.120 e. The third kappa shape index (κ3) is 5.17. The van der Waals surface area contributed by atoms with Crippen LogP contribution in [0.1, 0.15) is 90.9 Å². The maximum absolute atomic E-state index is 7.15. The molecule has 4 fully saturated rings. The molecule has 6 unspecified atom stereocenters. The SMILES string of the molecule is COCC1(C2CCCO2)CCC(C2CCC([Si](COC)(CC(C)C)C3CCCCC3)O2)C1. The highest BCUT2D eigenvalue weighted by Crippen LogP contribution is 2.53. The zero-order valence-corrected chi connectivity index (χ0v) is 22.4. The first-order valence-corrected chi connectivity index (χ1v) is 16.3. The Morgan fingerprint density at radius 2 is 1.75 bits per heavy atom. The molecule has 0 aromatic carbocycles. The van der Waals surface area contributed by atoms with Crippen molar-refractivity contribution in [1.29, 1.82) is 0 Å². The van der Waals surface area contributed by atoms with E-state index in [4.69, 9.17) is 18.9 Å². The van der Waals surface area contributed by atoms with Crippen molar-refractivity contribution in [3.05, 3.63) is 0 Å². The third-order valence-corrected chi connectivity index (χ3v) is 15.9. The van der Waals surface area contributed by atoms with Gasteiger partial charge in [-0.05, 0) is 62.3 Å². The lowest BCUT2D eigenvalue weighted by Crippen LogP contribution is -2.57. The lowest BCUT2D eigenvalue weighted by Gasteiger charge is -2.45. The maximum Gasteiger partial charge on any atom is 0.120 e. The van der Waals surface area contributed by atoms with Gasteiger partial charge in [0.15, 0.2) is 0 Å². The van der Waals surface area contributed by atoms with Crippen LogP contribution in [0.4, 0.5) is 0 Å². The normalized spacial score (nSPS) is 38.5. The molecule has 0 aromatic heterocycles. The first-order valence-electron chi connectivity index (χ1n) is 13.8. The van der Waals surface area contributed by atoms with Crippen LogP contribution in [0.3, 0.4) is 0 Å². The summed E-state index contributed by atoms with van der Waals surface area (Å²) in [6.45, 7) is 6.63. The first kappa shape index (κ1) is 25.2. The number of methoxy groups -OCH3 is 2. The van der Waals surface area contributed by atoms with Gasteiger partial charge in [-0.2, -0.15) is 0 Å². The predicted molar refractivity (Wildman–Crippen MR) is 133 cm³/mol. The fourth-order valence-electron chi connectivity index (χ4n) is 8.35. The van der Waals surface area contributed by atoms with Crippen molar-refractivity contribution in [3.8, 4) is 0 Å². The van der Waals surface area contributed by atoms with Gasteiger partial charge in [0.1, 0.15) is 8.07 Å². The topological polar surface area (TPSA) is 36.9 Å². The average Bonchev–Trinajstić information content (AvgIpc) is 3.54. The fraction of sp³-hybridized carbons (Fsp3) is 1.00. The predicted octanol–water partition coefficient (Wildman–Crippen LogP) is 6.31. The van der Waals surface area contributed by atoms with Crippen LogP contribution in [0.5, 0.6) is 0 Å². The standard InChI is InChI=1S/C27H50O4Si/c1-21(2)18-32(20-29-4,23-9-6-5-7-10-23)26-13-12-24(31-26)22-14-15-27(17-22,19-28-3)25-11-8-16-30-25/h21-26H,5-20H2,1-4H3. The Kier molecular flexibility index (Phi) is 8.80. The molecule has 2 aliphatic heterocycles. The minimum absolute atomic E-state index is 0.222. The Hall–Kier alpha value is 0.0569. The summed E-state index contributed by atoms with van der Waals surface area (Å²) < 4.78 is 25.1. The lowest BCUT2D eigenvalue weighted by molar-refractivity contribution is -0.0499. The van der Waals surface area contributed by atoms with Gasteiger partial charge < -0.3 is 18.9 Å². The van der Waals surface area contributed by atoms with Crippen LogP contribution >= 0.6 is 0 Å². The summed E-state index contributed by atoms with van der Waals surface area (Å²) in [5, 5.41) is 0. The molecule has 0 bridgehead atoms. The number of ether oxygens (including phenoxy) is 4. The Morgan fingerprint density at radius 3 is 2.41 bits per heavy atom. The summed E-state index contributed by atoms with van der Waals surface area (Å²) in [7, 11) is 2.12. The van der Waals surface area contributed by atoms with Crippen molar-refractivity contribution in [3.63, 3.8) is 0 Å². The molecule has 2 saturated carbocycles. The van der Waals surface area contributed by atoms with E-state index in [0.29, 0.717) is 23.9 Å². The molecule has 2 saturated heterocycles. The molecule has 4 aliphatic rings. The van der Waals surface area contributed by atoms with E-state index in [2.05, 4.69) is 13.8 Å². The van der Waals surface area contributed by atoms with Crippen LogP contribution in [0.15, 0.2) is 0 Å². The van der Waals surface area contributed by atoms with Gasteiger partial charge >= 0.3 is 0 Å². The van der Waals surface area contributed by atoms with Gasteiger partial charge in [-0.25, -0.2) is 0 Å². The molecule has 4 nitrogen and oxygen atoms in total. The van der Waals surface area contributed by atoms with E-state index in [1.54, 1.807) is 0 Å². The summed E-state index contributed by atoms with van der Waals surface area (Å²) in [5.74, 6) is 1.42. The number of hydrogen-bond donors (Lipinski definition) is 0. The number of hydrogen-bond acceptors (Lipinski definition) is 4. The van der Waals surface area contributed by atoms with Crippen LogP contribution in [-0.2, 0) is 18.9 Å². The van der Waals surface area contributed by atoms with Gasteiger partial charge in [-0.1, -0.05) is 52.0 Å². The van der Waals surface area contributed by atoms with Gasteiger partial charge in [0.25, 0.3) is 0 Å². The van der Waals surface area contributed by atoms with Crippen LogP contribution in [0.25, 0.3) is 0 Å². The highest BCUT2D eigenvalue weighted by molar-refractivity contribution is 6.82. The summed E-state index contributed by atoms with van der Waals surface area (Å²) in [6.07, 6.45) is 17.7. The molecule has 0 amide bonds. The van der Waals surface area contributed by atoms with Gasteiger partial charge in [0.05, 0.1) is 24.5 Å². The van der Waals surface area contributed by atoms with Crippen LogP contribution in [-0.4, -0.2) is 59.7 Å². The summed E-state index contributed by atoms with van der Waals surface area (Å²) in [6, 6.07) is 1.37. The molecule has 4 rings (SSSR count). The van der Waals surface area contributed by atoms with E-state index in [1.807, 2.05) is 14.2 Å². The highest BCUT2D eigenvalue weighted by Gasteiger charge is 2.54. The van der Waals surface area contributed by atoms with E-state index >= 15 is 0 Å². The second kappa shape index (κ2) is 11.2. The van der Waals surface area contributed by atoms with Crippen molar-refractivity contribution in [2.75, 3.05) is 33.7 Å². The second-order valence-corrected chi connectivity index (χ2v) is 16.8. The zero-order valence-electron chi connectivity index (χ0n) is 21.4. The number of rotatable bonds is 10. The molecule has 0 radical (unpaired) electrons.